The maximum atomic E-state index is 12.7. The molecule has 0 saturated heterocycles. The van der Waals surface area contributed by atoms with Crippen LogP contribution in [0, 0.1) is 5.82 Å². The average molecular weight is 222 g/mol. The van der Waals surface area contributed by atoms with Crippen LogP contribution in [0.3, 0.4) is 0 Å². The Morgan fingerprint density at radius 1 is 1.31 bits per heavy atom. The number of allylic oxidation sites excluding steroid dienone is 1. The number of hydrogen-bond donors (Lipinski definition) is 0. The van der Waals surface area contributed by atoms with Crippen LogP contribution in [0.1, 0.15) is 25.8 Å². The fraction of sp³-hybridized carbons (Fsp3) is 0.308. The van der Waals surface area contributed by atoms with Gasteiger partial charge in [0.15, 0.2) is 0 Å². The van der Waals surface area contributed by atoms with E-state index in [1.807, 2.05) is 6.92 Å². The van der Waals surface area contributed by atoms with Crippen molar-refractivity contribution in [1.29, 1.82) is 0 Å². The number of esters is 1. The van der Waals surface area contributed by atoms with Gasteiger partial charge in [-0.2, -0.15) is 0 Å². The summed E-state index contributed by atoms with van der Waals surface area (Å²) in [4.78, 5) is 11.3. The number of carbonyl (C=O) groups is 1. The molecule has 0 N–H and O–H groups in total. The van der Waals surface area contributed by atoms with Crippen LogP contribution in [0.4, 0.5) is 4.39 Å². The predicted molar refractivity (Wildman–Crippen MR) is 61.3 cm³/mol. The number of carbonyl (C=O) groups excluding carboxylic acids is 1. The topological polar surface area (TPSA) is 26.3 Å². The van der Waals surface area contributed by atoms with E-state index in [1.165, 1.54) is 18.2 Å². The van der Waals surface area contributed by atoms with Crippen LogP contribution in [0.2, 0.25) is 0 Å². The first-order chi connectivity index (χ1) is 7.67. The molecule has 0 atom stereocenters. The highest BCUT2D eigenvalue weighted by Gasteiger charge is 2.03. The quantitative estimate of drug-likeness (QED) is 0.577. The number of rotatable bonds is 4. The highest BCUT2D eigenvalue weighted by molar-refractivity contribution is 5.91. The standard InChI is InChI=1S/C13H15FO2/c1-3-10(9-13(15)16-4-2)11-5-7-12(14)8-6-11/h5-9H,3-4H2,1-2H3. The zero-order chi connectivity index (χ0) is 12.0. The van der Waals surface area contributed by atoms with Gasteiger partial charge in [0.2, 0.25) is 0 Å². The summed E-state index contributed by atoms with van der Waals surface area (Å²) in [6.45, 7) is 4.05. The normalized spacial score (nSPS) is 11.3. The van der Waals surface area contributed by atoms with Crippen molar-refractivity contribution < 1.29 is 13.9 Å². The number of hydrogen-bond acceptors (Lipinski definition) is 2. The molecular formula is C13H15FO2. The van der Waals surface area contributed by atoms with Gasteiger partial charge in [0.25, 0.3) is 0 Å². The minimum atomic E-state index is -0.358. The Balaban J connectivity index is 2.89. The lowest BCUT2D eigenvalue weighted by Crippen LogP contribution is -2.00. The second kappa shape index (κ2) is 6.05. The molecule has 0 aliphatic rings. The zero-order valence-corrected chi connectivity index (χ0v) is 9.50. The van der Waals surface area contributed by atoms with Crippen LogP contribution < -0.4 is 0 Å². The van der Waals surface area contributed by atoms with E-state index in [2.05, 4.69) is 0 Å². The van der Waals surface area contributed by atoms with Crippen molar-refractivity contribution in [2.24, 2.45) is 0 Å². The zero-order valence-electron chi connectivity index (χ0n) is 9.50. The molecule has 0 fully saturated rings. The first-order valence-electron chi connectivity index (χ1n) is 5.30. The van der Waals surface area contributed by atoms with E-state index in [-0.39, 0.29) is 11.8 Å². The largest absolute Gasteiger partial charge is 0.463 e. The van der Waals surface area contributed by atoms with Gasteiger partial charge in [-0.05, 0) is 36.6 Å². The van der Waals surface area contributed by atoms with Gasteiger partial charge in [-0.3, -0.25) is 0 Å². The molecule has 0 spiro atoms. The molecule has 1 aromatic rings. The van der Waals surface area contributed by atoms with Gasteiger partial charge in [0.05, 0.1) is 6.61 Å². The van der Waals surface area contributed by atoms with E-state index >= 15 is 0 Å². The molecular weight excluding hydrogens is 207 g/mol. The van der Waals surface area contributed by atoms with Crippen molar-refractivity contribution in [2.75, 3.05) is 6.61 Å². The predicted octanol–water partition coefficient (Wildman–Crippen LogP) is 3.18. The van der Waals surface area contributed by atoms with Crippen LogP contribution >= 0.6 is 0 Å². The van der Waals surface area contributed by atoms with Crippen LogP contribution in [0.15, 0.2) is 30.3 Å². The smallest absolute Gasteiger partial charge is 0.331 e. The number of benzene rings is 1. The summed E-state index contributed by atoms with van der Waals surface area (Å²) in [5.74, 6) is -0.640. The summed E-state index contributed by atoms with van der Waals surface area (Å²) in [5, 5.41) is 0. The Kier molecular flexibility index (Phi) is 4.70. The molecule has 86 valence electrons. The number of ether oxygens (including phenoxy) is 1. The molecule has 1 rings (SSSR count). The molecule has 2 nitrogen and oxygen atoms in total. The lowest BCUT2D eigenvalue weighted by Gasteiger charge is -2.04. The van der Waals surface area contributed by atoms with E-state index in [9.17, 15) is 9.18 Å². The lowest BCUT2D eigenvalue weighted by molar-refractivity contribution is -0.137. The Labute approximate surface area is 94.7 Å². The van der Waals surface area contributed by atoms with E-state index in [1.54, 1.807) is 19.1 Å². The molecule has 0 bridgehead atoms. The van der Waals surface area contributed by atoms with Gasteiger partial charge in [-0.15, -0.1) is 0 Å². The summed E-state index contributed by atoms with van der Waals surface area (Å²) in [5.41, 5.74) is 1.69. The molecule has 0 heterocycles. The summed E-state index contributed by atoms with van der Waals surface area (Å²) < 4.78 is 17.6. The first-order valence-corrected chi connectivity index (χ1v) is 5.30. The van der Waals surface area contributed by atoms with E-state index in [0.29, 0.717) is 13.0 Å². The minimum Gasteiger partial charge on any atom is -0.463 e. The van der Waals surface area contributed by atoms with Crippen molar-refractivity contribution in [2.45, 2.75) is 20.3 Å². The van der Waals surface area contributed by atoms with Crippen molar-refractivity contribution in [3.05, 3.63) is 41.7 Å². The summed E-state index contributed by atoms with van der Waals surface area (Å²) in [6.07, 6.45) is 2.15. The van der Waals surface area contributed by atoms with Gasteiger partial charge >= 0.3 is 5.97 Å². The monoisotopic (exact) mass is 222 g/mol. The maximum Gasteiger partial charge on any atom is 0.331 e. The Morgan fingerprint density at radius 2 is 1.94 bits per heavy atom. The SMILES string of the molecule is CCOC(=O)C=C(CC)c1ccc(F)cc1. The van der Waals surface area contributed by atoms with Crippen molar-refractivity contribution in [3.63, 3.8) is 0 Å². The Hall–Kier alpha value is -1.64. The van der Waals surface area contributed by atoms with Crippen LogP contribution in [-0.2, 0) is 9.53 Å². The highest BCUT2D eigenvalue weighted by atomic mass is 19.1. The van der Waals surface area contributed by atoms with Gasteiger partial charge in [-0.1, -0.05) is 19.1 Å². The van der Waals surface area contributed by atoms with Gasteiger partial charge < -0.3 is 4.74 Å². The molecule has 1 aromatic carbocycles. The van der Waals surface area contributed by atoms with Crippen LogP contribution in [-0.4, -0.2) is 12.6 Å². The minimum absolute atomic E-state index is 0.282. The molecule has 0 radical (unpaired) electrons. The number of halogens is 1. The van der Waals surface area contributed by atoms with E-state index < -0.39 is 0 Å². The highest BCUT2D eigenvalue weighted by Crippen LogP contribution is 2.18. The third kappa shape index (κ3) is 3.50. The van der Waals surface area contributed by atoms with Gasteiger partial charge in [0.1, 0.15) is 5.82 Å². The lowest BCUT2D eigenvalue weighted by atomic mass is 10.0. The van der Waals surface area contributed by atoms with Crippen molar-refractivity contribution in [3.8, 4) is 0 Å². The fourth-order valence-electron chi connectivity index (χ4n) is 1.38. The third-order valence-electron chi connectivity index (χ3n) is 2.17. The summed E-state index contributed by atoms with van der Waals surface area (Å²) in [6, 6.07) is 6.07. The molecule has 0 aliphatic carbocycles. The average Bonchev–Trinajstić information content (AvgIpc) is 2.27. The Bertz CT molecular complexity index is 379. The van der Waals surface area contributed by atoms with E-state index in [4.69, 9.17) is 4.74 Å². The van der Waals surface area contributed by atoms with Gasteiger partial charge in [0, 0.05) is 6.08 Å². The van der Waals surface area contributed by atoms with Crippen molar-refractivity contribution in [1.82, 2.24) is 0 Å². The molecule has 0 aliphatic heterocycles. The molecule has 0 amide bonds. The van der Waals surface area contributed by atoms with Gasteiger partial charge in [-0.25, -0.2) is 9.18 Å². The fourth-order valence-corrected chi connectivity index (χ4v) is 1.38. The van der Waals surface area contributed by atoms with Crippen LogP contribution in [0.25, 0.3) is 5.57 Å². The second-order valence-corrected chi connectivity index (χ2v) is 3.28. The molecule has 0 saturated carbocycles. The summed E-state index contributed by atoms with van der Waals surface area (Å²) in [7, 11) is 0. The molecule has 16 heavy (non-hydrogen) atoms. The molecule has 3 heteroatoms. The second-order valence-electron chi connectivity index (χ2n) is 3.28. The molecule has 0 unspecified atom stereocenters. The first kappa shape index (κ1) is 12.4. The van der Waals surface area contributed by atoms with E-state index in [0.717, 1.165) is 11.1 Å². The van der Waals surface area contributed by atoms with Crippen molar-refractivity contribution >= 4 is 11.5 Å². The Morgan fingerprint density at radius 3 is 2.44 bits per heavy atom. The summed E-state index contributed by atoms with van der Waals surface area (Å²) >= 11 is 0. The molecule has 0 aromatic heterocycles. The maximum absolute atomic E-state index is 12.7. The van der Waals surface area contributed by atoms with Crippen LogP contribution in [0.5, 0.6) is 0 Å². The third-order valence-corrected chi connectivity index (χ3v) is 2.17.